The molecule has 0 aromatic carbocycles. The largest absolute Gasteiger partial charge is 0.397 e. The minimum atomic E-state index is 0.618. The molecule has 16 heavy (non-hydrogen) atoms. The van der Waals surface area contributed by atoms with Crippen molar-refractivity contribution in [1.29, 1.82) is 0 Å². The molecule has 88 valence electrons. The van der Waals surface area contributed by atoms with Crippen molar-refractivity contribution in [2.75, 3.05) is 5.73 Å². The summed E-state index contributed by atoms with van der Waals surface area (Å²) >= 11 is 0. The van der Waals surface area contributed by atoms with Crippen molar-refractivity contribution in [2.45, 2.75) is 51.9 Å². The minimum Gasteiger partial charge on any atom is -0.397 e. The molecule has 1 aliphatic rings. The summed E-state index contributed by atoms with van der Waals surface area (Å²) < 4.78 is 0. The third-order valence-electron chi connectivity index (χ3n) is 3.45. The van der Waals surface area contributed by atoms with Gasteiger partial charge in [-0.2, -0.15) is 0 Å². The molecule has 1 fully saturated rings. The highest BCUT2D eigenvalue weighted by Gasteiger charge is 2.18. The molecular formula is C14H22N2. The predicted octanol–water partition coefficient (Wildman–Crippen LogP) is 3.52. The lowest BCUT2D eigenvalue weighted by Crippen LogP contribution is -2.04. The van der Waals surface area contributed by atoms with Crippen LogP contribution in [0.4, 0.5) is 5.69 Å². The Kier molecular flexibility index (Phi) is 3.47. The zero-order chi connectivity index (χ0) is 11.5. The molecule has 1 heterocycles. The van der Waals surface area contributed by atoms with Gasteiger partial charge in [0.1, 0.15) is 0 Å². The molecule has 0 aliphatic heterocycles. The van der Waals surface area contributed by atoms with Gasteiger partial charge in [-0.25, -0.2) is 0 Å². The maximum atomic E-state index is 6.07. The number of nitrogens with two attached hydrogens (primary N) is 1. The lowest BCUT2D eigenvalue weighted by molar-refractivity contribution is 0.634. The van der Waals surface area contributed by atoms with Gasteiger partial charge in [0.25, 0.3) is 0 Å². The molecule has 1 saturated carbocycles. The molecule has 2 heteroatoms. The molecule has 1 aliphatic carbocycles. The summed E-state index contributed by atoms with van der Waals surface area (Å²) in [4.78, 5) is 4.54. The summed E-state index contributed by atoms with van der Waals surface area (Å²) in [7, 11) is 0. The van der Waals surface area contributed by atoms with Gasteiger partial charge in [0, 0.05) is 6.20 Å². The number of hydrogen-bond donors (Lipinski definition) is 1. The Balaban J connectivity index is 2.15. The van der Waals surface area contributed by atoms with Gasteiger partial charge in [-0.3, -0.25) is 4.98 Å². The van der Waals surface area contributed by atoms with Gasteiger partial charge in [0.15, 0.2) is 0 Å². The second-order valence-corrected chi connectivity index (χ2v) is 5.38. The van der Waals surface area contributed by atoms with E-state index >= 15 is 0 Å². The molecular weight excluding hydrogens is 196 g/mol. The minimum absolute atomic E-state index is 0.618. The van der Waals surface area contributed by atoms with Gasteiger partial charge < -0.3 is 5.73 Å². The number of rotatable bonds is 3. The van der Waals surface area contributed by atoms with E-state index in [1.165, 1.54) is 31.2 Å². The molecule has 2 rings (SSSR count). The van der Waals surface area contributed by atoms with E-state index in [-0.39, 0.29) is 0 Å². The average Bonchev–Trinajstić information content (AvgIpc) is 2.73. The van der Waals surface area contributed by atoms with Crippen LogP contribution in [-0.4, -0.2) is 4.98 Å². The van der Waals surface area contributed by atoms with Crippen molar-refractivity contribution in [3.63, 3.8) is 0 Å². The van der Waals surface area contributed by atoms with Crippen molar-refractivity contribution in [3.05, 3.63) is 23.5 Å². The van der Waals surface area contributed by atoms with Gasteiger partial charge in [-0.05, 0) is 42.7 Å². The Bertz CT molecular complexity index is 352. The Hall–Kier alpha value is -1.05. The molecule has 1 aromatic heterocycles. The first-order chi connectivity index (χ1) is 7.66. The highest BCUT2D eigenvalue weighted by atomic mass is 14.7. The number of aromatic nitrogens is 1. The van der Waals surface area contributed by atoms with Gasteiger partial charge in [-0.15, -0.1) is 0 Å². The van der Waals surface area contributed by atoms with Crippen LogP contribution in [0.3, 0.4) is 0 Å². The van der Waals surface area contributed by atoms with E-state index in [9.17, 15) is 0 Å². The fraction of sp³-hybridized carbons (Fsp3) is 0.643. The standard InChI is InChI=1S/C14H22N2/c1-10(2)7-14-13(15)8-12(9-16-14)11-5-3-4-6-11/h8-11H,3-7,15H2,1-2H3. The van der Waals surface area contributed by atoms with E-state index < -0.39 is 0 Å². The van der Waals surface area contributed by atoms with Crippen molar-refractivity contribution in [2.24, 2.45) is 5.92 Å². The fourth-order valence-electron chi connectivity index (χ4n) is 2.57. The van der Waals surface area contributed by atoms with Gasteiger partial charge >= 0.3 is 0 Å². The van der Waals surface area contributed by atoms with E-state index in [0.29, 0.717) is 11.8 Å². The monoisotopic (exact) mass is 218 g/mol. The first-order valence-corrected chi connectivity index (χ1v) is 6.41. The van der Waals surface area contributed by atoms with Gasteiger partial charge in [-0.1, -0.05) is 26.7 Å². The molecule has 2 nitrogen and oxygen atoms in total. The van der Waals surface area contributed by atoms with Crippen LogP contribution in [0, 0.1) is 5.92 Å². The number of nitrogens with zero attached hydrogens (tertiary/aromatic N) is 1. The Morgan fingerprint density at radius 3 is 2.62 bits per heavy atom. The lowest BCUT2D eigenvalue weighted by Gasteiger charge is -2.13. The summed E-state index contributed by atoms with van der Waals surface area (Å²) in [6.45, 7) is 4.40. The normalized spacial score (nSPS) is 17.2. The fourth-order valence-corrected chi connectivity index (χ4v) is 2.57. The molecule has 0 radical (unpaired) electrons. The molecule has 0 bridgehead atoms. The van der Waals surface area contributed by atoms with Crippen LogP contribution in [0.25, 0.3) is 0 Å². The molecule has 0 amide bonds. The first-order valence-electron chi connectivity index (χ1n) is 6.41. The highest BCUT2D eigenvalue weighted by Crippen LogP contribution is 2.34. The lowest BCUT2D eigenvalue weighted by atomic mass is 9.97. The van der Waals surface area contributed by atoms with Crippen molar-refractivity contribution < 1.29 is 0 Å². The van der Waals surface area contributed by atoms with E-state index in [2.05, 4.69) is 24.9 Å². The molecule has 0 saturated heterocycles. The molecule has 2 N–H and O–H groups in total. The number of nitrogen functional groups attached to an aromatic ring is 1. The zero-order valence-electron chi connectivity index (χ0n) is 10.4. The van der Waals surface area contributed by atoms with Crippen LogP contribution in [0.15, 0.2) is 12.3 Å². The van der Waals surface area contributed by atoms with Crippen molar-refractivity contribution in [3.8, 4) is 0 Å². The summed E-state index contributed by atoms with van der Waals surface area (Å²) in [6, 6.07) is 2.15. The maximum Gasteiger partial charge on any atom is 0.0635 e. The number of hydrogen-bond acceptors (Lipinski definition) is 2. The molecule has 0 spiro atoms. The Morgan fingerprint density at radius 2 is 2.06 bits per heavy atom. The average molecular weight is 218 g/mol. The first kappa shape index (κ1) is 11.4. The quantitative estimate of drug-likeness (QED) is 0.843. The molecule has 0 atom stereocenters. The van der Waals surface area contributed by atoms with Gasteiger partial charge in [0.05, 0.1) is 11.4 Å². The van der Waals surface area contributed by atoms with Gasteiger partial charge in [0.2, 0.25) is 0 Å². The SMILES string of the molecule is CC(C)Cc1ncc(C2CCCC2)cc1N. The Morgan fingerprint density at radius 1 is 1.38 bits per heavy atom. The van der Waals surface area contributed by atoms with E-state index in [4.69, 9.17) is 5.73 Å². The van der Waals surface area contributed by atoms with Crippen molar-refractivity contribution in [1.82, 2.24) is 4.98 Å². The summed E-state index contributed by atoms with van der Waals surface area (Å²) in [5.74, 6) is 1.33. The number of pyridine rings is 1. The van der Waals surface area contributed by atoms with E-state index in [0.717, 1.165) is 17.8 Å². The van der Waals surface area contributed by atoms with Crippen molar-refractivity contribution >= 4 is 5.69 Å². The van der Waals surface area contributed by atoms with E-state index in [1.54, 1.807) is 0 Å². The van der Waals surface area contributed by atoms with Crippen LogP contribution >= 0.6 is 0 Å². The third-order valence-corrected chi connectivity index (χ3v) is 3.45. The predicted molar refractivity (Wildman–Crippen MR) is 68.4 cm³/mol. The van der Waals surface area contributed by atoms with E-state index in [1.807, 2.05) is 6.20 Å². The van der Waals surface area contributed by atoms with Crippen LogP contribution in [0.5, 0.6) is 0 Å². The number of anilines is 1. The highest BCUT2D eigenvalue weighted by molar-refractivity contribution is 5.46. The van der Waals surface area contributed by atoms with Crippen LogP contribution in [0.1, 0.15) is 56.7 Å². The van der Waals surface area contributed by atoms with Crippen LogP contribution < -0.4 is 5.73 Å². The second-order valence-electron chi connectivity index (χ2n) is 5.38. The topological polar surface area (TPSA) is 38.9 Å². The molecule has 0 unspecified atom stereocenters. The Labute approximate surface area is 98.3 Å². The smallest absolute Gasteiger partial charge is 0.0635 e. The summed E-state index contributed by atoms with van der Waals surface area (Å²) in [5, 5.41) is 0. The molecule has 1 aromatic rings. The maximum absolute atomic E-state index is 6.07. The second kappa shape index (κ2) is 4.86. The third kappa shape index (κ3) is 2.55. The van der Waals surface area contributed by atoms with Crippen LogP contribution in [-0.2, 0) is 6.42 Å². The zero-order valence-corrected chi connectivity index (χ0v) is 10.4. The summed E-state index contributed by atoms with van der Waals surface area (Å²) in [5.41, 5.74) is 9.38. The van der Waals surface area contributed by atoms with Crippen LogP contribution in [0.2, 0.25) is 0 Å². The summed E-state index contributed by atoms with van der Waals surface area (Å²) in [6.07, 6.45) is 8.37.